The van der Waals surface area contributed by atoms with Gasteiger partial charge in [-0.3, -0.25) is 4.79 Å². The molecule has 1 aliphatic heterocycles. The zero-order valence-electron chi connectivity index (χ0n) is 15.9. The van der Waals surface area contributed by atoms with Gasteiger partial charge in [0.1, 0.15) is 6.33 Å². The van der Waals surface area contributed by atoms with Crippen LogP contribution in [0.4, 0.5) is 30.5 Å². The topological polar surface area (TPSA) is 83.3 Å². The number of rotatable bonds is 4. The third-order valence-electron chi connectivity index (χ3n) is 4.90. The molecule has 1 amide bonds. The molecule has 30 heavy (non-hydrogen) atoms. The zero-order valence-corrected chi connectivity index (χ0v) is 15.9. The van der Waals surface area contributed by atoms with Gasteiger partial charge in [-0.2, -0.15) is 18.2 Å². The second-order valence-corrected chi connectivity index (χ2v) is 6.99. The van der Waals surface area contributed by atoms with E-state index < -0.39 is 17.8 Å². The van der Waals surface area contributed by atoms with Gasteiger partial charge in [0.15, 0.2) is 0 Å². The minimum Gasteiger partial charge on any atom is -0.391 e. The number of hydrogen-bond acceptors (Lipinski definition) is 5. The zero-order chi connectivity index (χ0) is 21.5. The van der Waals surface area contributed by atoms with E-state index in [4.69, 9.17) is 0 Å². The molecule has 1 unspecified atom stereocenters. The molecule has 0 radical (unpaired) electrons. The van der Waals surface area contributed by atoms with E-state index >= 15 is 0 Å². The molecule has 1 saturated heterocycles. The van der Waals surface area contributed by atoms with Crippen LogP contribution >= 0.6 is 0 Å². The van der Waals surface area contributed by atoms with Crippen molar-refractivity contribution >= 4 is 23.2 Å². The number of aliphatic hydroxyl groups excluding tert-OH is 1. The Morgan fingerprint density at radius 3 is 2.53 bits per heavy atom. The van der Waals surface area contributed by atoms with Crippen molar-refractivity contribution in [3.63, 3.8) is 0 Å². The van der Waals surface area contributed by atoms with Gasteiger partial charge >= 0.3 is 6.18 Å². The van der Waals surface area contributed by atoms with Gasteiger partial charge in [0, 0.05) is 11.4 Å². The van der Waals surface area contributed by atoms with E-state index in [9.17, 15) is 23.1 Å². The maximum atomic E-state index is 12.7. The Bertz CT molecular complexity index is 1080. The van der Waals surface area contributed by atoms with Crippen LogP contribution < -0.4 is 10.2 Å². The van der Waals surface area contributed by atoms with Crippen molar-refractivity contribution < 1.29 is 23.1 Å². The lowest BCUT2D eigenvalue weighted by Crippen LogP contribution is -2.26. The molecule has 156 valence electrons. The molecule has 0 spiro atoms. The Hall–Kier alpha value is -3.40. The number of aliphatic hydroxyl groups is 1. The van der Waals surface area contributed by atoms with Crippen molar-refractivity contribution in [2.45, 2.75) is 25.6 Å². The molecule has 3 aromatic rings. The van der Waals surface area contributed by atoms with Gasteiger partial charge in [-0.25, -0.2) is 4.68 Å². The van der Waals surface area contributed by atoms with Crippen molar-refractivity contribution in [2.75, 3.05) is 16.8 Å². The SMILES string of the molecule is Cc1c(Nc2ncn(-c3ccc(C(F)(F)F)cc3)n2)cccc1N1CC(O)CC1=O. The molecule has 2 aromatic carbocycles. The predicted octanol–water partition coefficient (Wildman–Crippen LogP) is 3.44. The van der Waals surface area contributed by atoms with Gasteiger partial charge in [0.05, 0.1) is 30.3 Å². The monoisotopic (exact) mass is 417 g/mol. The van der Waals surface area contributed by atoms with E-state index in [1.54, 1.807) is 23.1 Å². The predicted molar refractivity (Wildman–Crippen MR) is 104 cm³/mol. The molecule has 1 aliphatic rings. The Morgan fingerprint density at radius 2 is 1.90 bits per heavy atom. The minimum atomic E-state index is -4.40. The quantitative estimate of drug-likeness (QED) is 0.680. The summed E-state index contributed by atoms with van der Waals surface area (Å²) in [5, 5.41) is 17.1. The summed E-state index contributed by atoms with van der Waals surface area (Å²) >= 11 is 0. The fourth-order valence-electron chi connectivity index (χ4n) is 3.34. The number of amides is 1. The molecule has 1 fully saturated rings. The molecule has 4 rings (SSSR count). The maximum absolute atomic E-state index is 12.7. The Kier molecular flexibility index (Phi) is 4.94. The van der Waals surface area contributed by atoms with Crippen LogP contribution in [0.3, 0.4) is 0 Å². The molecule has 0 aliphatic carbocycles. The van der Waals surface area contributed by atoms with Crippen LogP contribution in [-0.4, -0.2) is 38.4 Å². The van der Waals surface area contributed by atoms with Gasteiger partial charge in [-0.15, -0.1) is 5.10 Å². The van der Waals surface area contributed by atoms with Crippen LogP contribution in [0, 0.1) is 6.92 Å². The summed E-state index contributed by atoms with van der Waals surface area (Å²) in [4.78, 5) is 17.8. The summed E-state index contributed by atoms with van der Waals surface area (Å²) < 4.78 is 39.5. The smallest absolute Gasteiger partial charge is 0.391 e. The van der Waals surface area contributed by atoms with Crippen LogP contribution in [0.2, 0.25) is 0 Å². The van der Waals surface area contributed by atoms with Crippen molar-refractivity contribution in [3.8, 4) is 5.69 Å². The van der Waals surface area contributed by atoms with Crippen LogP contribution in [0.15, 0.2) is 48.8 Å². The molecular weight excluding hydrogens is 399 g/mol. The Labute approximate surface area is 169 Å². The lowest BCUT2D eigenvalue weighted by atomic mass is 10.1. The molecule has 0 saturated carbocycles. The number of nitrogens with zero attached hydrogens (tertiary/aromatic N) is 4. The van der Waals surface area contributed by atoms with Gasteiger partial charge in [0.25, 0.3) is 0 Å². The van der Waals surface area contributed by atoms with E-state index in [-0.39, 0.29) is 24.8 Å². The lowest BCUT2D eigenvalue weighted by Gasteiger charge is -2.20. The normalized spacial score (nSPS) is 16.9. The van der Waals surface area contributed by atoms with Gasteiger partial charge in [0.2, 0.25) is 11.9 Å². The highest BCUT2D eigenvalue weighted by atomic mass is 19.4. The number of halogens is 3. The van der Waals surface area contributed by atoms with Crippen molar-refractivity contribution in [3.05, 3.63) is 59.9 Å². The third-order valence-corrected chi connectivity index (χ3v) is 4.90. The summed E-state index contributed by atoms with van der Waals surface area (Å²) in [7, 11) is 0. The highest BCUT2D eigenvalue weighted by Gasteiger charge is 2.31. The van der Waals surface area contributed by atoms with Gasteiger partial charge in [-0.1, -0.05) is 6.07 Å². The highest BCUT2D eigenvalue weighted by molar-refractivity contribution is 5.97. The number of benzene rings is 2. The number of anilines is 3. The largest absolute Gasteiger partial charge is 0.416 e. The molecule has 10 heteroatoms. The molecule has 1 atom stereocenters. The summed E-state index contributed by atoms with van der Waals surface area (Å²) in [5.41, 5.74) is 1.84. The van der Waals surface area contributed by atoms with E-state index in [1.807, 2.05) is 6.92 Å². The average molecular weight is 417 g/mol. The van der Waals surface area contributed by atoms with E-state index in [0.29, 0.717) is 17.1 Å². The van der Waals surface area contributed by atoms with Crippen LogP contribution in [0.5, 0.6) is 0 Å². The molecule has 0 bridgehead atoms. The number of nitrogens with one attached hydrogen (secondary N) is 1. The Balaban J connectivity index is 1.54. The van der Waals surface area contributed by atoms with Crippen LogP contribution in [-0.2, 0) is 11.0 Å². The maximum Gasteiger partial charge on any atom is 0.416 e. The first-order valence-electron chi connectivity index (χ1n) is 9.17. The molecular formula is C20H18F3N5O2. The first kappa shape index (κ1) is 19.9. The molecule has 2 heterocycles. The van der Waals surface area contributed by atoms with Crippen molar-refractivity contribution in [2.24, 2.45) is 0 Å². The number of aromatic nitrogens is 3. The first-order chi connectivity index (χ1) is 14.2. The number of carbonyl (C=O) groups excluding carboxylic acids is 1. The van der Waals surface area contributed by atoms with Crippen molar-refractivity contribution in [1.82, 2.24) is 14.8 Å². The summed E-state index contributed by atoms with van der Waals surface area (Å²) in [6.45, 7) is 2.08. The highest BCUT2D eigenvalue weighted by Crippen LogP contribution is 2.32. The minimum absolute atomic E-state index is 0.0934. The van der Waals surface area contributed by atoms with Gasteiger partial charge in [-0.05, 0) is 48.9 Å². The van der Waals surface area contributed by atoms with Gasteiger partial charge < -0.3 is 15.3 Å². The second-order valence-electron chi connectivity index (χ2n) is 6.99. The number of carbonyl (C=O) groups is 1. The van der Waals surface area contributed by atoms with E-state index in [1.165, 1.54) is 23.1 Å². The fourth-order valence-corrected chi connectivity index (χ4v) is 3.34. The van der Waals surface area contributed by atoms with E-state index in [0.717, 1.165) is 17.7 Å². The first-order valence-corrected chi connectivity index (χ1v) is 9.17. The summed E-state index contributed by atoms with van der Waals surface area (Å²) in [6.07, 6.45) is -3.60. The lowest BCUT2D eigenvalue weighted by molar-refractivity contribution is -0.137. The Morgan fingerprint density at radius 1 is 1.17 bits per heavy atom. The fraction of sp³-hybridized carbons (Fsp3) is 0.250. The third kappa shape index (κ3) is 3.86. The number of alkyl halides is 3. The molecule has 7 nitrogen and oxygen atoms in total. The summed E-state index contributed by atoms with van der Waals surface area (Å²) in [6, 6.07) is 9.97. The molecule has 2 N–H and O–H groups in total. The number of hydrogen-bond donors (Lipinski definition) is 2. The number of β-amino-alcohol motifs (C(OH)–C–C–N with tert-alkyl or cyclic N) is 1. The molecule has 1 aromatic heterocycles. The van der Waals surface area contributed by atoms with Crippen LogP contribution in [0.1, 0.15) is 17.5 Å². The average Bonchev–Trinajstić information content (AvgIpc) is 3.29. The van der Waals surface area contributed by atoms with E-state index in [2.05, 4.69) is 15.4 Å². The van der Waals surface area contributed by atoms with Crippen molar-refractivity contribution in [1.29, 1.82) is 0 Å². The summed E-state index contributed by atoms with van der Waals surface area (Å²) in [5.74, 6) is 0.107. The standard InChI is InChI=1S/C20H18F3N5O2/c1-12-16(3-2-4-17(12)27-10-15(29)9-18(27)30)25-19-24-11-28(26-19)14-7-5-13(6-8-14)20(21,22)23/h2-8,11,15,29H,9-10H2,1H3,(H,25,26). The second kappa shape index (κ2) is 7.45. The van der Waals surface area contributed by atoms with Crippen LogP contribution in [0.25, 0.3) is 5.69 Å².